The highest BCUT2D eigenvalue weighted by atomic mass is 16.2. The predicted molar refractivity (Wildman–Crippen MR) is 103 cm³/mol. The molecule has 1 atom stereocenters. The van der Waals surface area contributed by atoms with Crippen LogP contribution in [0.25, 0.3) is 0 Å². The Hall–Kier alpha value is -2.62. The van der Waals surface area contributed by atoms with Gasteiger partial charge in [0.05, 0.1) is 0 Å². The van der Waals surface area contributed by atoms with Crippen LogP contribution in [0.2, 0.25) is 0 Å². The van der Waals surface area contributed by atoms with Gasteiger partial charge >= 0.3 is 0 Å². The number of piperidine rings is 1. The van der Waals surface area contributed by atoms with Gasteiger partial charge in [0.25, 0.3) is 0 Å². The Morgan fingerprint density at radius 2 is 1.62 bits per heavy atom. The van der Waals surface area contributed by atoms with Crippen molar-refractivity contribution in [1.29, 1.82) is 0 Å². The Bertz CT molecular complexity index is 691. The average Bonchev–Trinajstić information content (AvgIpc) is 2.67. The summed E-state index contributed by atoms with van der Waals surface area (Å²) in [6, 6.07) is 20.5. The molecule has 0 aliphatic carbocycles. The third-order valence-electron chi connectivity index (χ3n) is 4.96. The number of likely N-dealkylation sites (tertiary alicyclic amines) is 1. The molecule has 0 aromatic heterocycles. The number of rotatable bonds is 5. The van der Waals surface area contributed by atoms with Crippen LogP contribution in [-0.2, 0) is 9.59 Å². The van der Waals surface area contributed by atoms with Gasteiger partial charge in [0, 0.05) is 38.4 Å². The first-order chi connectivity index (χ1) is 12.6. The molecular formula is C22H26N2O2. The van der Waals surface area contributed by atoms with Gasteiger partial charge in [-0.25, -0.2) is 0 Å². The Balaban J connectivity index is 1.74. The molecule has 1 aliphatic rings. The molecule has 2 amide bonds. The minimum absolute atomic E-state index is 0.0317. The Kier molecular flexibility index (Phi) is 6.05. The summed E-state index contributed by atoms with van der Waals surface area (Å²) in [5.74, 6) is 0.166. The zero-order valence-electron chi connectivity index (χ0n) is 15.2. The molecule has 2 aromatic carbocycles. The van der Waals surface area contributed by atoms with Crippen LogP contribution in [-0.4, -0.2) is 35.8 Å². The van der Waals surface area contributed by atoms with Crippen LogP contribution < -0.4 is 5.32 Å². The summed E-state index contributed by atoms with van der Waals surface area (Å²) >= 11 is 0. The van der Waals surface area contributed by atoms with Crippen molar-refractivity contribution >= 4 is 11.8 Å². The summed E-state index contributed by atoms with van der Waals surface area (Å²) in [6.07, 6.45) is 2.31. The maximum atomic E-state index is 13.0. The zero-order chi connectivity index (χ0) is 18.4. The Labute approximate surface area is 155 Å². The fourth-order valence-electron chi connectivity index (χ4n) is 3.71. The molecule has 1 fully saturated rings. The van der Waals surface area contributed by atoms with E-state index in [9.17, 15) is 9.59 Å². The van der Waals surface area contributed by atoms with Crippen molar-refractivity contribution < 1.29 is 9.59 Å². The molecule has 2 aromatic rings. The smallest absolute Gasteiger partial charge is 0.223 e. The second kappa shape index (κ2) is 8.65. The maximum absolute atomic E-state index is 13.0. The quantitative estimate of drug-likeness (QED) is 0.899. The molecule has 0 spiro atoms. The van der Waals surface area contributed by atoms with Gasteiger partial charge in [-0.3, -0.25) is 9.59 Å². The van der Waals surface area contributed by atoms with Crippen molar-refractivity contribution in [2.24, 2.45) is 0 Å². The van der Waals surface area contributed by atoms with E-state index in [2.05, 4.69) is 29.6 Å². The van der Waals surface area contributed by atoms with Crippen molar-refractivity contribution in [2.75, 3.05) is 13.1 Å². The van der Waals surface area contributed by atoms with Crippen molar-refractivity contribution in [3.05, 3.63) is 71.8 Å². The fraction of sp³-hybridized carbons (Fsp3) is 0.364. The molecule has 0 saturated carbocycles. The molecule has 1 N–H and O–H groups in total. The number of hydrogen-bond acceptors (Lipinski definition) is 2. The van der Waals surface area contributed by atoms with Crippen LogP contribution in [0.4, 0.5) is 0 Å². The van der Waals surface area contributed by atoms with E-state index in [-0.39, 0.29) is 23.8 Å². The van der Waals surface area contributed by atoms with Crippen LogP contribution in [0, 0.1) is 0 Å². The van der Waals surface area contributed by atoms with E-state index in [0.717, 1.165) is 30.5 Å². The summed E-state index contributed by atoms with van der Waals surface area (Å²) in [5.41, 5.74) is 2.31. The molecule has 4 heteroatoms. The molecule has 1 aliphatic heterocycles. The van der Waals surface area contributed by atoms with E-state index in [1.165, 1.54) is 6.92 Å². The molecule has 1 unspecified atom stereocenters. The number of benzene rings is 2. The number of hydrogen-bond donors (Lipinski definition) is 1. The summed E-state index contributed by atoms with van der Waals surface area (Å²) in [7, 11) is 0. The highest BCUT2D eigenvalue weighted by molar-refractivity contribution is 5.78. The second-order valence-electron chi connectivity index (χ2n) is 6.96. The Morgan fingerprint density at radius 3 is 2.15 bits per heavy atom. The first-order valence-corrected chi connectivity index (χ1v) is 9.28. The van der Waals surface area contributed by atoms with Crippen LogP contribution >= 0.6 is 0 Å². The largest absolute Gasteiger partial charge is 0.352 e. The SMILES string of the molecule is CC(=O)NC1CCCN(C(=O)CC(c2ccccc2)c2ccccc2)C1. The van der Waals surface area contributed by atoms with E-state index in [1.54, 1.807) is 0 Å². The summed E-state index contributed by atoms with van der Waals surface area (Å²) < 4.78 is 0. The monoisotopic (exact) mass is 350 g/mol. The minimum atomic E-state index is -0.0317. The van der Waals surface area contributed by atoms with Gasteiger partial charge in [-0.05, 0) is 24.0 Å². The van der Waals surface area contributed by atoms with Gasteiger partial charge in [-0.15, -0.1) is 0 Å². The third kappa shape index (κ3) is 4.72. The number of nitrogens with one attached hydrogen (secondary N) is 1. The van der Waals surface area contributed by atoms with E-state index in [1.807, 2.05) is 41.3 Å². The predicted octanol–water partition coefficient (Wildman–Crippen LogP) is 3.34. The van der Waals surface area contributed by atoms with Gasteiger partial charge in [-0.1, -0.05) is 60.7 Å². The normalized spacial score (nSPS) is 17.2. The minimum Gasteiger partial charge on any atom is -0.352 e. The van der Waals surface area contributed by atoms with Gasteiger partial charge < -0.3 is 10.2 Å². The molecular weight excluding hydrogens is 324 g/mol. The summed E-state index contributed by atoms with van der Waals surface area (Å²) in [6.45, 7) is 2.90. The number of nitrogens with zero attached hydrogens (tertiary/aromatic N) is 1. The van der Waals surface area contributed by atoms with Crippen LogP contribution in [0.3, 0.4) is 0 Å². The van der Waals surface area contributed by atoms with Crippen LogP contribution in [0.1, 0.15) is 43.2 Å². The van der Waals surface area contributed by atoms with Crippen molar-refractivity contribution in [2.45, 2.75) is 38.1 Å². The Morgan fingerprint density at radius 1 is 1.04 bits per heavy atom. The van der Waals surface area contributed by atoms with Crippen molar-refractivity contribution in [1.82, 2.24) is 10.2 Å². The van der Waals surface area contributed by atoms with Crippen molar-refractivity contribution in [3.8, 4) is 0 Å². The first kappa shape index (κ1) is 18.2. The van der Waals surface area contributed by atoms with Gasteiger partial charge in [0.2, 0.25) is 11.8 Å². The number of carbonyl (C=O) groups is 2. The molecule has 0 bridgehead atoms. The zero-order valence-corrected chi connectivity index (χ0v) is 15.2. The fourth-order valence-corrected chi connectivity index (χ4v) is 3.71. The average molecular weight is 350 g/mol. The van der Waals surface area contributed by atoms with Gasteiger partial charge in [-0.2, -0.15) is 0 Å². The van der Waals surface area contributed by atoms with E-state index in [0.29, 0.717) is 13.0 Å². The molecule has 136 valence electrons. The molecule has 3 rings (SSSR count). The molecule has 1 heterocycles. The van der Waals surface area contributed by atoms with Gasteiger partial charge in [0.15, 0.2) is 0 Å². The topological polar surface area (TPSA) is 49.4 Å². The first-order valence-electron chi connectivity index (χ1n) is 9.28. The standard InChI is InChI=1S/C22H26N2O2/c1-17(25)23-20-13-8-14-24(16-20)22(26)15-21(18-9-4-2-5-10-18)19-11-6-3-7-12-19/h2-7,9-12,20-21H,8,13-16H2,1H3,(H,23,25). The lowest BCUT2D eigenvalue weighted by molar-refractivity contribution is -0.133. The second-order valence-corrected chi connectivity index (χ2v) is 6.96. The van der Waals surface area contributed by atoms with E-state index < -0.39 is 0 Å². The van der Waals surface area contributed by atoms with E-state index in [4.69, 9.17) is 0 Å². The maximum Gasteiger partial charge on any atom is 0.223 e. The highest BCUT2D eigenvalue weighted by Crippen LogP contribution is 2.29. The molecule has 26 heavy (non-hydrogen) atoms. The molecule has 4 nitrogen and oxygen atoms in total. The summed E-state index contributed by atoms with van der Waals surface area (Å²) in [4.78, 5) is 26.2. The van der Waals surface area contributed by atoms with Crippen LogP contribution in [0.15, 0.2) is 60.7 Å². The lowest BCUT2D eigenvalue weighted by Gasteiger charge is -2.34. The summed E-state index contributed by atoms with van der Waals surface area (Å²) in [5, 5.41) is 2.95. The van der Waals surface area contributed by atoms with E-state index >= 15 is 0 Å². The number of carbonyl (C=O) groups excluding carboxylic acids is 2. The van der Waals surface area contributed by atoms with Crippen molar-refractivity contribution in [3.63, 3.8) is 0 Å². The highest BCUT2D eigenvalue weighted by Gasteiger charge is 2.27. The third-order valence-corrected chi connectivity index (χ3v) is 4.96. The lowest BCUT2D eigenvalue weighted by Crippen LogP contribution is -2.49. The number of amides is 2. The van der Waals surface area contributed by atoms with Crippen LogP contribution in [0.5, 0.6) is 0 Å². The lowest BCUT2D eigenvalue weighted by atomic mass is 9.88. The molecule has 0 radical (unpaired) electrons. The van der Waals surface area contributed by atoms with Gasteiger partial charge in [0.1, 0.15) is 0 Å². The molecule has 1 saturated heterocycles.